The van der Waals surface area contributed by atoms with E-state index in [2.05, 4.69) is 0 Å². The van der Waals surface area contributed by atoms with E-state index in [0.29, 0.717) is 4.70 Å². The molecule has 0 aliphatic heterocycles. The van der Waals surface area contributed by atoms with Crippen molar-refractivity contribution in [1.82, 2.24) is 5.32 Å². The SMILES string of the molecule is O=C(NCC(O)C(F)(F)F)c1cc2c(F)cccc2s1. The zero-order chi connectivity index (χ0) is 14.9. The van der Waals surface area contributed by atoms with Crippen molar-refractivity contribution in [3.05, 3.63) is 35.0 Å². The molecule has 1 amide bonds. The summed E-state index contributed by atoms with van der Waals surface area (Å²) in [6.45, 7) is -0.945. The van der Waals surface area contributed by atoms with E-state index in [9.17, 15) is 22.4 Å². The highest BCUT2D eigenvalue weighted by Gasteiger charge is 2.38. The molecule has 0 spiro atoms. The van der Waals surface area contributed by atoms with E-state index in [1.807, 2.05) is 5.32 Å². The molecular formula is C12H9F4NO2S. The van der Waals surface area contributed by atoms with Crippen LogP contribution in [0.2, 0.25) is 0 Å². The van der Waals surface area contributed by atoms with Crippen molar-refractivity contribution in [2.45, 2.75) is 12.3 Å². The van der Waals surface area contributed by atoms with Crippen LogP contribution in [0.15, 0.2) is 24.3 Å². The largest absolute Gasteiger partial charge is 0.416 e. The summed E-state index contributed by atoms with van der Waals surface area (Å²) in [6, 6.07) is 5.57. The lowest BCUT2D eigenvalue weighted by Gasteiger charge is -2.14. The van der Waals surface area contributed by atoms with Gasteiger partial charge in [-0.25, -0.2) is 4.39 Å². The third kappa shape index (κ3) is 3.07. The number of halogens is 4. The standard InChI is InChI=1S/C12H9F4NO2S/c13-7-2-1-3-8-6(7)4-9(20-8)11(19)17-5-10(18)12(14,15)16/h1-4,10,18H,5H2,(H,17,19). The molecule has 1 heterocycles. The number of hydrogen-bond donors (Lipinski definition) is 2. The van der Waals surface area contributed by atoms with Crippen molar-refractivity contribution in [1.29, 1.82) is 0 Å². The van der Waals surface area contributed by atoms with Crippen LogP contribution in [0.25, 0.3) is 10.1 Å². The molecule has 2 rings (SSSR count). The van der Waals surface area contributed by atoms with Crippen molar-refractivity contribution in [2.75, 3.05) is 6.54 Å². The molecule has 2 aromatic rings. The lowest BCUT2D eigenvalue weighted by atomic mass is 10.2. The number of nitrogens with one attached hydrogen (secondary N) is 1. The Kier molecular flexibility index (Phi) is 3.96. The summed E-state index contributed by atoms with van der Waals surface area (Å²) < 4.78 is 50.2. The Hall–Kier alpha value is -1.67. The first-order valence-electron chi connectivity index (χ1n) is 5.50. The van der Waals surface area contributed by atoms with Crippen LogP contribution in [0.5, 0.6) is 0 Å². The molecule has 1 unspecified atom stereocenters. The third-order valence-corrected chi connectivity index (χ3v) is 3.66. The Morgan fingerprint density at radius 1 is 1.40 bits per heavy atom. The number of carbonyl (C=O) groups is 1. The predicted molar refractivity (Wildman–Crippen MR) is 66.2 cm³/mol. The fourth-order valence-electron chi connectivity index (χ4n) is 1.53. The first-order valence-corrected chi connectivity index (χ1v) is 6.31. The quantitative estimate of drug-likeness (QED) is 0.857. The minimum Gasteiger partial charge on any atom is -0.382 e. The van der Waals surface area contributed by atoms with Gasteiger partial charge in [0.2, 0.25) is 0 Å². The van der Waals surface area contributed by atoms with Gasteiger partial charge in [-0.15, -0.1) is 11.3 Å². The minimum atomic E-state index is -4.79. The van der Waals surface area contributed by atoms with E-state index in [4.69, 9.17) is 5.11 Å². The van der Waals surface area contributed by atoms with E-state index in [0.717, 1.165) is 11.3 Å². The van der Waals surface area contributed by atoms with Crippen LogP contribution in [0, 0.1) is 5.82 Å². The Morgan fingerprint density at radius 3 is 2.70 bits per heavy atom. The first kappa shape index (κ1) is 14.7. The number of amides is 1. The van der Waals surface area contributed by atoms with Crippen LogP contribution in [0.1, 0.15) is 9.67 Å². The second-order valence-corrected chi connectivity index (χ2v) is 5.11. The lowest BCUT2D eigenvalue weighted by molar-refractivity contribution is -0.201. The summed E-state index contributed by atoms with van der Waals surface area (Å²) >= 11 is 0.964. The van der Waals surface area contributed by atoms with Gasteiger partial charge in [0.1, 0.15) is 5.82 Å². The monoisotopic (exact) mass is 307 g/mol. The summed E-state index contributed by atoms with van der Waals surface area (Å²) in [5, 5.41) is 11.0. The number of rotatable bonds is 3. The van der Waals surface area contributed by atoms with Gasteiger partial charge in [-0.3, -0.25) is 4.79 Å². The number of thiophene rings is 1. The molecular weight excluding hydrogens is 298 g/mol. The van der Waals surface area contributed by atoms with Crippen LogP contribution in [0.3, 0.4) is 0 Å². The summed E-state index contributed by atoms with van der Waals surface area (Å²) in [5.41, 5.74) is 0. The molecule has 0 aliphatic carbocycles. The van der Waals surface area contributed by atoms with Crippen LogP contribution < -0.4 is 5.32 Å². The first-order chi connectivity index (χ1) is 9.29. The lowest BCUT2D eigenvalue weighted by Crippen LogP contribution is -2.40. The topological polar surface area (TPSA) is 49.3 Å². The van der Waals surface area contributed by atoms with Crippen molar-refractivity contribution < 1.29 is 27.5 Å². The fraction of sp³-hybridized carbons (Fsp3) is 0.250. The summed E-state index contributed by atoms with van der Waals surface area (Å²) in [7, 11) is 0. The number of fused-ring (bicyclic) bond motifs is 1. The summed E-state index contributed by atoms with van der Waals surface area (Å²) in [5.74, 6) is -1.29. The van der Waals surface area contributed by atoms with E-state index in [1.54, 1.807) is 6.07 Å². The molecule has 0 radical (unpaired) electrons. The maximum absolute atomic E-state index is 13.4. The van der Waals surface area contributed by atoms with E-state index in [1.165, 1.54) is 18.2 Å². The molecule has 0 fully saturated rings. The Morgan fingerprint density at radius 2 is 2.10 bits per heavy atom. The van der Waals surface area contributed by atoms with Crippen LogP contribution in [0.4, 0.5) is 17.6 Å². The normalized spacial score (nSPS) is 13.4. The highest BCUT2D eigenvalue weighted by molar-refractivity contribution is 7.20. The number of aliphatic hydroxyl groups excluding tert-OH is 1. The van der Waals surface area contributed by atoms with Gasteiger partial charge in [0.25, 0.3) is 5.91 Å². The highest BCUT2D eigenvalue weighted by Crippen LogP contribution is 2.27. The van der Waals surface area contributed by atoms with E-state index in [-0.39, 0.29) is 10.3 Å². The minimum absolute atomic E-state index is 0.0828. The number of carbonyl (C=O) groups excluding carboxylic acids is 1. The molecule has 0 aliphatic rings. The Bertz CT molecular complexity index is 638. The van der Waals surface area contributed by atoms with Gasteiger partial charge in [-0.2, -0.15) is 13.2 Å². The third-order valence-electron chi connectivity index (χ3n) is 2.57. The van der Waals surface area contributed by atoms with Crippen LogP contribution in [-0.4, -0.2) is 29.8 Å². The second-order valence-electron chi connectivity index (χ2n) is 4.03. The average molecular weight is 307 g/mol. The summed E-state index contributed by atoms with van der Waals surface area (Å²) in [4.78, 5) is 11.7. The molecule has 1 aromatic heterocycles. The Balaban J connectivity index is 2.10. The highest BCUT2D eigenvalue weighted by atomic mass is 32.1. The number of benzene rings is 1. The van der Waals surface area contributed by atoms with Crippen molar-refractivity contribution in [2.24, 2.45) is 0 Å². The van der Waals surface area contributed by atoms with Gasteiger partial charge in [-0.05, 0) is 18.2 Å². The van der Waals surface area contributed by atoms with Crippen molar-refractivity contribution in [3.8, 4) is 0 Å². The molecule has 8 heteroatoms. The molecule has 0 saturated carbocycles. The number of aliphatic hydroxyl groups is 1. The van der Waals surface area contributed by atoms with E-state index >= 15 is 0 Å². The van der Waals surface area contributed by atoms with Crippen LogP contribution >= 0.6 is 11.3 Å². The number of alkyl halides is 3. The molecule has 20 heavy (non-hydrogen) atoms. The van der Waals surface area contributed by atoms with E-state index < -0.39 is 30.5 Å². The van der Waals surface area contributed by atoms with Gasteiger partial charge in [0.15, 0.2) is 6.10 Å². The second kappa shape index (κ2) is 5.37. The van der Waals surface area contributed by atoms with Gasteiger partial charge in [-0.1, -0.05) is 6.07 Å². The fourth-order valence-corrected chi connectivity index (χ4v) is 2.52. The van der Waals surface area contributed by atoms with Gasteiger partial charge in [0, 0.05) is 10.1 Å². The predicted octanol–water partition coefficient (Wildman–Crippen LogP) is 2.69. The molecule has 2 N–H and O–H groups in total. The zero-order valence-corrected chi connectivity index (χ0v) is 10.7. The van der Waals surface area contributed by atoms with Gasteiger partial charge >= 0.3 is 6.18 Å². The maximum Gasteiger partial charge on any atom is 0.416 e. The zero-order valence-electron chi connectivity index (χ0n) is 9.87. The Labute approximate surface area is 114 Å². The molecule has 1 aromatic carbocycles. The number of hydrogen-bond acceptors (Lipinski definition) is 3. The molecule has 0 saturated heterocycles. The van der Waals surface area contributed by atoms with Gasteiger partial charge < -0.3 is 10.4 Å². The maximum atomic E-state index is 13.4. The molecule has 0 bridgehead atoms. The smallest absolute Gasteiger partial charge is 0.382 e. The average Bonchev–Trinajstić information content (AvgIpc) is 2.79. The van der Waals surface area contributed by atoms with Crippen molar-refractivity contribution in [3.63, 3.8) is 0 Å². The molecule has 108 valence electrons. The summed E-state index contributed by atoms with van der Waals surface area (Å²) in [6.07, 6.45) is -7.42. The molecule has 1 atom stereocenters. The van der Waals surface area contributed by atoms with Crippen LogP contribution in [-0.2, 0) is 0 Å². The van der Waals surface area contributed by atoms with Gasteiger partial charge in [0.05, 0.1) is 11.4 Å². The molecule has 3 nitrogen and oxygen atoms in total. The van der Waals surface area contributed by atoms with Crippen molar-refractivity contribution >= 4 is 27.3 Å².